The maximum atomic E-state index is 13.3. The Morgan fingerprint density at radius 3 is 2.69 bits per heavy atom. The standard InChI is InChI=1S/C23H25BrO2/c1-5-19(20-8-7-18(24)12-21(20)14(2)3)23(25)17-11-16-10-15(4)6-9-22(16)26-13-17/h5-10,12,14,17H,11,13H2,1-4H3/b19-5+. The number of halogens is 1. The van der Waals surface area contributed by atoms with E-state index in [1.54, 1.807) is 0 Å². The molecule has 1 unspecified atom stereocenters. The van der Waals surface area contributed by atoms with Crippen molar-refractivity contribution in [2.24, 2.45) is 5.92 Å². The average Bonchev–Trinajstić information content (AvgIpc) is 2.62. The fourth-order valence-electron chi connectivity index (χ4n) is 3.60. The third kappa shape index (κ3) is 3.78. The lowest BCUT2D eigenvalue weighted by Crippen LogP contribution is -2.29. The summed E-state index contributed by atoms with van der Waals surface area (Å²) in [6.07, 6.45) is 2.68. The molecular formula is C23H25BrO2. The molecule has 2 nitrogen and oxygen atoms in total. The molecule has 3 heteroatoms. The average molecular weight is 413 g/mol. The zero-order valence-electron chi connectivity index (χ0n) is 15.8. The molecular weight excluding hydrogens is 388 g/mol. The van der Waals surface area contributed by atoms with Crippen LogP contribution in [0.25, 0.3) is 5.57 Å². The number of ether oxygens (including phenoxy) is 1. The molecule has 2 aromatic rings. The van der Waals surface area contributed by atoms with Crippen molar-refractivity contribution in [1.82, 2.24) is 0 Å². The smallest absolute Gasteiger partial charge is 0.169 e. The van der Waals surface area contributed by atoms with Gasteiger partial charge in [0.05, 0.1) is 12.5 Å². The monoisotopic (exact) mass is 412 g/mol. The molecule has 136 valence electrons. The highest BCUT2D eigenvalue weighted by molar-refractivity contribution is 9.10. The summed E-state index contributed by atoms with van der Waals surface area (Å²) in [5.74, 6) is 1.28. The normalized spacial score (nSPS) is 17.0. The van der Waals surface area contributed by atoms with Gasteiger partial charge in [-0.3, -0.25) is 4.79 Å². The van der Waals surface area contributed by atoms with Crippen molar-refractivity contribution in [1.29, 1.82) is 0 Å². The SMILES string of the molecule is C/C=C(/C(=O)C1COc2ccc(C)cc2C1)c1ccc(Br)cc1C(C)C. The third-order valence-corrected chi connectivity index (χ3v) is 5.47. The molecule has 1 atom stereocenters. The van der Waals surface area contributed by atoms with Crippen molar-refractivity contribution in [2.45, 2.75) is 40.0 Å². The van der Waals surface area contributed by atoms with E-state index in [4.69, 9.17) is 4.74 Å². The first-order valence-electron chi connectivity index (χ1n) is 9.13. The highest BCUT2D eigenvalue weighted by atomic mass is 79.9. The van der Waals surface area contributed by atoms with Gasteiger partial charge in [-0.05, 0) is 61.1 Å². The van der Waals surface area contributed by atoms with Gasteiger partial charge in [0.1, 0.15) is 5.75 Å². The maximum Gasteiger partial charge on any atom is 0.169 e. The Morgan fingerprint density at radius 1 is 1.23 bits per heavy atom. The van der Waals surface area contributed by atoms with Gasteiger partial charge in [-0.25, -0.2) is 0 Å². The number of carbonyl (C=O) groups is 1. The highest BCUT2D eigenvalue weighted by Gasteiger charge is 2.29. The molecule has 3 rings (SSSR count). The van der Waals surface area contributed by atoms with Gasteiger partial charge in [0.25, 0.3) is 0 Å². The van der Waals surface area contributed by atoms with Gasteiger partial charge in [0.15, 0.2) is 5.78 Å². The Morgan fingerprint density at radius 2 is 2.00 bits per heavy atom. The summed E-state index contributed by atoms with van der Waals surface area (Å²) in [4.78, 5) is 13.3. The maximum absolute atomic E-state index is 13.3. The summed E-state index contributed by atoms with van der Waals surface area (Å²) in [7, 11) is 0. The van der Waals surface area contributed by atoms with E-state index in [2.05, 4.69) is 61.0 Å². The molecule has 1 aliphatic heterocycles. The second-order valence-electron chi connectivity index (χ2n) is 7.28. The van der Waals surface area contributed by atoms with Crippen LogP contribution in [0.4, 0.5) is 0 Å². The fraction of sp³-hybridized carbons (Fsp3) is 0.348. The number of fused-ring (bicyclic) bond motifs is 1. The molecule has 2 aromatic carbocycles. The van der Waals surface area contributed by atoms with E-state index in [1.165, 1.54) is 11.1 Å². The van der Waals surface area contributed by atoms with Crippen molar-refractivity contribution in [3.63, 3.8) is 0 Å². The second-order valence-corrected chi connectivity index (χ2v) is 8.19. The number of hydrogen-bond acceptors (Lipinski definition) is 2. The molecule has 0 spiro atoms. The van der Waals surface area contributed by atoms with Crippen LogP contribution in [0.1, 0.15) is 48.9 Å². The van der Waals surface area contributed by atoms with E-state index < -0.39 is 0 Å². The molecule has 0 bridgehead atoms. The predicted molar refractivity (Wildman–Crippen MR) is 111 cm³/mol. The number of ketones is 1. The Kier molecular flexibility index (Phi) is 5.67. The molecule has 0 saturated carbocycles. The lowest BCUT2D eigenvalue weighted by atomic mass is 9.84. The van der Waals surface area contributed by atoms with Crippen LogP contribution in [0.2, 0.25) is 0 Å². The lowest BCUT2D eigenvalue weighted by Gasteiger charge is -2.26. The Hall–Kier alpha value is -1.87. The first-order chi connectivity index (χ1) is 12.4. The molecule has 0 radical (unpaired) electrons. The first-order valence-corrected chi connectivity index (χ1v) is 9.92. The molecule has 1 heterocycles. The number of Topliss-reactive ketones (excluding diaryl/α,β-unsaturated/α-hetero) is 1. The number of hydrogen-bond donors (Lipinski definition) is 0. The highest BCUT2D eigenvalue weighted by Crippen LogP contribution is 2.34. The molecule has 0 fully saturated rings. The Balaban J connectivity index is 1.92. The molecule has 1 aliphatic rings. The number of benzene rings is 2. The van der Waals surface area contributed by atoms with Gasteiger partial charge in [-0.1, -0.05) is 59.6 Å². The van der Waals surface area contributed by atoms with Crippen LogP contribution in [0.3, 0.4) is 0 Å². The summed E-state index contributed by atoms with van der Waals surface area (Å²) < 4.78 is 6.92. The third-order valence-electron chi connectivity index (χ3n) is 4.97. The predicted octanol–water partition coefficient (Wildman–Crippen LogP) is 6.10. The van der Waals surface area contributed by atoms with Crippen molar-refractivity contribution in [3.05, 3.63) is 69.2 Å². The van der Waals surface area contributed by atoms with Crippen LogP contribution in [0, 0.1) is 12.8 Å². The van der Waals surface area contributed by atoms with E-state index >= 15 is 0 Å². The van der Waals surface area contributed by atoms with Crippen LogP contribution >= 0.6 is 15.9 Å². The summed E-state index contributed by atoms with van der Waals surface area (Å²) in [5.41, 5.74) is 5.34. The minimum Gasteiger partial charge on any atom is -0.493 e. The zero-order valence-corrected chi connectivity index (χ0v) is 17.4. The van der Waals surface area contributed by atoms with Crippen LogP contribution in [-0.2, 0) is 11.2 Å². The molecule has 0 amide bonds. The molecule has 0 aliphatic carbocycles. The number of aryl methyl sites for hydroxylation is 1. The molecule has 0 saturated heterocycles. The minimum atomic E-state index is -0.140. The number of allylic oxidation sites excluding steroid dienone is 2. The van der Waals surface area contributed by atoms with Gasteiger partial charge in [-0.2, -0.15) is 0 Å². The Labute approximate surface area is 164 Å². The van der Waals surface area contributed by atoms with Crippen LogP contribution in [0.15, 0.2) is 46.9 Å². The van der Waals surface area contributed by atoms with E-state index in [9.17, 15) is 4.79 Å². The largest absolute Gasteiger partial charge is 0.493 e. The van der Waals surface area contributed by atoms with E-state index in [-0.39, 0.29) is 11.7 Å². The lowest BCUT2D eigenvalue weighted by molar-refractivity contribution is -0.118. The number of carbonyl (C=O) groups excluding carboxylic acids is 1. The quantitative estimate of drug-likeness (QED) is 0.566. The van der Waals surface area contributed by atoms with Crippen molar-refractivity contribution >= 4 is 27.3 Å². The Bertz CT molecular complexity index is 865. The van der Waals surface area contributed by atoms with Crippen molar-refractivity contribution in [3.8, 4) is 5.75 Å². The fourth-order valence-corrected chi connectivity index (χ4v) is 3.98. The topological polar surface area (TPSA) is 26.3 Å². The van der Waals surface area contributed by atoms with Gasteiger partial charge < -0.3 is 4.74 Å². The number of rotatable bonds is 4. The van der Waals surface area contributed by atoms with Crippen molar-refractivity contribution in [2.75, 3.05) is 6.61 Å². The van der Waals surface area contributed by atoms with Gasteiger partial charge in [0, 0.05) is 10.0 Å². The molecule has 0 N–H and O–H groups in total. The van der Waals surface area contributed by atoms with E-state index in [0.717, 1.165) is 33.3 Å². The second kappa shape index (κ2) is 7.79. The van der Waals surface area contributed by atoms with Gasteiger partial charge in [-0.15, -0.1) is 0 Å². The van der Waals surface area contributed by atoms with Crippen LogP contribution in [-0.4, -0.2) is 12.4 Å². The minimum absolute atomic E-state index is 0.140. The summed E-state index contributed by atoms with van der Waals surface area (Å²) in [5, 5.41) is 0. The summed E-state index contributed by atoms with van der Waals surface area (Å²) in [6, 6.07) is 12.4. The first kappa shape index (κ1) is 18.9. The van der Waals surface area contributed by atoms with Crippen LogP contribution in [0.5, 0.6) is 5.75 Å². The van der Waals surface area contributed by atoms with Gasteiger partial charge >= 0.3 is 0 Å². The van der Waals surface area contributed by atoms with E-state index in [0.29, 0.717) is 12.5 Å². The molecule has 0 aromatic heterocycles. The van der Waals surface area contributed by atoms with Crippen LogP contribution < -0.4 is 4.74 Å². The van der Waals surface area contributed by atoms with E-state index in [1.807, 2.05) is 25.1 Å². The zero-order chi connectivity index (χ0) is 18.8. The molecule has 26 heavy (non-hydrogen) atoms. The van der Waals surface area contributed by atoms with Gasteiger partial charge in [0.2, 0.25) is 0 Å². The summed E-state index contributed by atoms with van der Waals surface area (Å²) in [6.45, 7) is 8.78. The summed E-state index contributed by atoms with van der Waals surface area (Å²) >= 11 is 3.55. The van der Waals surface area contributed by atoms with Crippen molar-refractivity contribution < 1.29 is 9.53 Å².